The number of rotatable bonds is 3. The quantitative estimate of drug-likeness (QED) is 0.689. The standard InChI is InChI=1S/C18H19F3N6O2/c1-9-16(10(2)26(3)24-9)23-17(28)12-8-15-22-11(13-5-4-6-29-13)7-14(18(19,20)21)27(15)25-12/h4-6,8,11,14,22H,7H2,1-3H3,(H,23,28). The number of furan rings is 1. The van der Waals surface area contributed by atoms with Crippen LogP contribution in [0, 0.1) is 13.8 Å². The summed E-state index contributed by atoms with van der Waals surface area (Å²) in [6.07, 6.45) is -3.42. The molecule has 1 aliphatic rings. The molecule has 4 heterocycles. The van der Waals surface area contributed by atoms with E-state index in [4.69, 9.17) is 4.42 Å². The second kappa shape index (κ2) is 6.68. The van der Waals surface area contributed by atoms with Crippen molar-refractivity contribution < 1.29 is 22.4 Å². The van der Waals surface area contributed by atoms with E-state index in [1.807, 2.05) is 0 Å². The van der Waals surface area contributed by atoms with Gasteiger partial charge in [-0.2, -0.15) is 23.4 Å². The van der Waals surface area contributed by atoms with Gasteiger partial charge in [0, 0.05) is 19.5 Å². The summed E-state index contributed by atoms with van der Waals surface area (Å²) < 4.78 is 48.7. The van der Waals surface area contributed by atoms with Crippen LogP contribution in [0.1, 0.15) is 46.1 Å². The third kappa shape index (κ3) is 3.36. The van der Waals surface area contributed by atoms with Crippen LogP contribution in [0.4, 0.5) is 24.7 Å². The molecule has 0 spiro atoms. The van der Waals surface area contributed by atoms with E-state index >= 15 is 0 Å². The minimum Gasteiger partial charge on any atom is -0.467 e. The fourth-order valence-corrected chi connectivity index (χ4v) is 3.49. The number of aryl methyl sites for hydroxylation is 2. The molecule has 0 radical (unpaired) electrons. The van der Waals surface area contributed by atoms with Crippen molar-refractivity contribution in [3.8, 4) is 0 Å². The summed E-state index contributed by atoms with van der Waals surface area (Å²) in [4.78, 5) is 12.7. The molecule has 154 valence electrons. The molecule has 0 aromatic carbocycles. The molecule has 0 saturated heterocycles. The Kier molecular flexibility index (Phi) is 4.39. The van der Waals surface area contributed by atoms with Crippen molar-refractivity contribution in [1.29, 1.82) is 0 Å². The number of carbonyl (C=O) groups is 1. The number of carbonyl (C=O) groups excluding carboxylic acids is 1. The van der Waals surface area contributed by atoms with Crippen molar-refractivity contribution in [3.63, 3.8) is 0 Å². The second-order valence-electron chi connectivity index (χ2n) is 6.99. The number of amides is 1. The van der Waals surface area contributed by atoms with Crippen molar-refractivity contribution in [3.05, 3.63) is 47.3 Å². The number of nitrogens with one attached hydrogen (secondary N) is 2. The summed E-state index contributed by atoms with van der Waals surface area (Å²) >= 11 is 0. The highest BCUT2D eigenvalue weighted by Gasteiger charge is 2.47. The van der Waals surface area contributed by atoms with Crippen molar-refractivity contribution in [1.82, 2.24) is 19.6 Å². The van der Waals surface area contributed by atoms with Gasteiger partial charge in [0.05, 0.1) is 29.4 Å². The first-order valence-electron chi connectivity index (χ1n) is 8.93. The Balaban J connectivity index is 1.66. The van der Waals surface area contributed by atoms with Gasteiger partial charge in [-0.05, 0) is 26.0 Å². The zero-order chi connectivity index (χ0) is 20.9. The molecule has 11 heteroatoms. The summed E-state index contributed by atoms with van der Waals surface area (Å²) in [7, 11) is 1.74. The fourth-order valence-electron chi connectivity index (χ4n) is 3.49. The van der Waals surface area contributed by atoms with Gasteiger partial charge in [0.2, 0.25) is 0 Å². The number of anilines is 2. The SMILES string of the molecule is Cc1nn(C)c(C)c1NC(=O)c1cc2n(n1)C(C(F)(F)F)CC(c1ccco1)N2. The van der Waals surface area contributed by atoms with Gasteiger partial charge in [0.15, 0.2) is 11.7 Å². The number of alkyl halides is 3. The second-order valence-corrected chi connectivity index (χ2v) is 6.99. The van der Waals surface area contributed by atoms with Crippen LogP contribution in [0.25, 0.3) is 0 Å². The lowest BCUT2D eigenvalue weighted by molar-refractivity contribution is -0.174. The maximum atomic E-state index is 13.7. The van der Waals surface area contributed by atoms with Crippen LogP contribution in [0.2, 0.25) is 0 Å². The Labute approximate surface area is 163 Å². The lowest BCUT2D eigenvalue weighted by atomic mass is 10.0. The van der Waals surface area contributed by atoms with E-state index in [1.54, 1.807) is 37.7 Å². The highest BCUT2D eigenvalue weighted by Crippen LogP contribution is 2.43. The van der Waals surface area contributed by atoms with Crippen molar-refractivity contribution >= 4 is 17.4 Å². The summed E-state index contributed by atoms with van der Waals surface area (Å²) in [5.74, 6) is -0.118. The smallest absolute Gasteiger partial charge is 0.410 e. The molecule has 2 unspecified atom stereocenters. The molecule has 3 aromatic rings. The van der Waals surface area contributed by atoms with Gasteiger partial charge in [-0.3, -0.25) is 9.48 Å². The lowest BCUT2D eigenvalue weighted by Crippen LogP contribution is -2.35. The van der Waals surface area contributed by atoms with Crippen molar-refractivity contribution in [2.45, 2.75) is 38.5 Å². The highest BCUT2D eigenvalue weighted by atomic mass is 19.4. The van der Waals surface area contributed by atoms with E-state index in [1.165, 1.54) is 12.3 Å². The van der Waals surface area contributed by atoms with Gasteiger partial charge in [-0.25, -0.2) is 4.68 Å². The van der Waals surface area contributed by atoms with Crippen LogP contribution in [0.15, 0.2) is 28.9 Å². The molecule has 0 bridgehead atoms. The zero-order valence-electron chi connectivity index (χ0n) is 15.9. The van der Waals surface area contributed by atoms with E-state index in [-0.39, 0.29) is 17.9 Å². The molecule has 4 rings (SSSR count). The first kappa shape index (κ1) is 19.1. The topological polar surface area (TPSA) is 89.9 Å². The van der Waals surface area contributed by atoms with Gasteiger partial charge < -0.3 is 15.1 Å². The molecule has 1 aliphatic heterocycles. The molecule has 29 heavy (non-hydrogen) atoms. The van der Waals surface area contributed by atoms with Crippen molar-refractivity contribution in [2.75, 3.05) is 10.6 Å². The normalized spacial score (nSPS) is 19.0. The maximum Gasteiger partial charge on any atom is 0.410 e. The van der Waals surface area contributed by atoms with Crippen LogP contribution in [0.3, 0.4) is 0 Å². The predicted octanol–water partition coefficient (Wildman–Crippen LogP) is 3.74. The zero-order valence-corrected chi connectivity index (χ0v) is 15.9. The first-order chi connectivity index (χ1) is 13.6. The Bertz CT molecular complexity index is 1050. The third-order valence-electron chi connectivity index (χ3n) is 5.06. The highest BCUT2D eigenvalue weighted by molar-refractivity contribution is 6.04. The first-order valence-corrected chi connectivity index (χ1v) is 8.93. The summed E-state index contributed by atoms with van der Waals surface area (Å²) in [6, 6.07) is 1.98. The largest absolute Gasteiger partial charge is 0.467 e. The molecule has 0 fully saturated rings. The lowest BCUT2D eigenvalue weighted by Gasteiger charge is -2.32. The van der Waals surface area contributed by atoms with E-state index in [0.29, 0.717) is 17.1 Å². The van der Waals surface area contributed by atoms with Gasteiger partial charge in [0.1, 0.15) is 11.6 Å². The summed E-state index contributed by atoms with van der Waals surface area (Å²) in [5, 5.41) is 13.8. The van der Waals surface area contributed by atoms with E-state index < -0.39 is 24.2 Å². The van der Waals surface area contributed by atoms with Gasteiger partial charge in [-0.1, -0.05) is 0 Å². The summed E-state index contributed by atoms with van der Waals surface area (Å²) in [5.41, 5.74) is 1.72. The molecular formula is C18H19F3N6O2. The Hall–Kier alpha value is -3.24. The molecule has 2 N–H and O–H groups in total. The molecule has 0 aliphatic carbocycles. The number of hydrogen-bond acceptors (Lipinski definition) is 5. The number of halogens is 3. The van der Waals surface area contributed by atoms with Gasteiger partial charge >= 0.3 is 6.18 Å². The molecule has 0 saturated carbocycles. The van der Waals surface area contributed by atoms with E-state index in [2.05, 4.69) is 20.8 Å². The predicted molar refractivity (Wildman–Crippen MR) is 97.6 cm³/mol. The molecule has 1 amide bonds. The Morgan fingerprint density at radius 3 is 2.69 bits per heavy atom. The van der Waals surface area contributed by atoms with Crippen LogP contribution >= 0.6 is 0 Å². The van der Waals surface area contributed by atoms with Gasteiger partial charge in [0.25, 0.3) is 5.91 Å². The molecule has 3 aromatic heterocycles. The minimum absolute atomic E-state index is 0.102. The van der Waals surface area contributed by atoms with Crippen LogP contribution in [-0.2, 0) is 7.05 Å². The number of hydrogen-bond donors (Lipinski definition) is 2. The summed E-state index contributed by atoms with van der Waals surface area (Å²) in [6.45, 7) is 3.51. The Morgan fingerprint density at radius 1 is 1.34 bits per heavy atom. The van der Waals surface area contributed by atoms with Crippen LogP contribution in [-0.4, -0.2) is 31.6 Å². The fraction of sp³-hybridized carbons (Fsp3) is 0.389. The average molecular weight is 408 g/mol. The van der Waals surface area contributed by atoms with Crippen LogP contribution in [0.5, 0.6) is 0 Å². The average Bonchev–Trinajstić information content (AvgIpc) is 3.36. The number of nitrogens with zero attached hydrogens (tertiary/aromatic N) is 4. The van der Waals surface area contributed by atoms with Gasteiger partial charge in [-0.15, -0.1) is 0 Å². The van der Waals surface area contributed by atoms with Crippen LogP contribution < -0.4 is 10.6 Å². The van der Waals surface area contributed by atoms with E-state index in [9.17, 15) is 18.0 Å². The molecule has 8 nitrogen and oxygen atoms in total. The molecular weight excluding hydrogens is 389 g/mol. The maximum absolute atomic E-state index is 13.7. The van der Waals surface area contributed by atoms with Crippen molar-refractivity contribution in [2.24, 2.45) is 7.05 Å². The number of fused-ring (bicyclic) bond motifs is 1. The molecule has 2 atom stereocenters. The third-order valence-corrected chi connectivity index (χ3v) is 5.06. The minimum atomic E-state index is -4.53. The Morgan fingerprint density at radius 2 is 2.10 bits per heavy atom. The van der Waals surface area contributed by atoms with E-state index in [0.717, 1.165) is 10.4 Å². The monoisotopic (exact) mass is 408 g/mol. The number of aromatic nitrogens is 4.